The number of nitrogens with one attached hydrogen (secondary N) is 1. The van der Waals surface area contributed by atoms with Crippen LogP contribution in [0.15, 0.2) is 18.2 Å². The van der Waals surface area contributed by atoms with Gasteiger partial charge >= 0.3 is 0 Å². The first-order valence-corrected chi connectivity index (χ1v) is 9.36. The van der Waals surface area contributed by atoms with Gasteiger partial charge in [0.15, 0.2) is 0 Å². The van der Waals surface area contributed by atoms with Crippen LogP contribution in [0.5, 0.6) is 5.75 Å². The van der Waals surface area contributed by atoms with Crippen LogP contribution in [-0.2, 0) is 4.79 Å². The van der Waals surface area contributed by atoms with Crippen LogP contribution in [0, 0.1) is 5.92 Å². The molecule has 0 saturated carbocycles. The van der Waals surface area contributed by atoms with Crippen molar-refractivity contribution in [3.8, 4) is 5.75 Å². The molecular formula is C17H22N2O4S. The van der Waals surface area contributed by atoms with Gasteiger partial charge in [-0.2, -0.15) is 11.8 Å². The second-order valence-electron chi connectivity index (χ2n) is 6.14. The Morgan fingerprint density at radius 1 is 1.33 bits per heavy atom. The van der Waals surface area contributed by atoms with Crippen LogP contribution in [-0.4, -0.2) is 46.6 Å². The van der Waals surface area contributed by atoms with Crippen molar-refractivity contribution in [2.24, 2.45) is 5.92 Å². The number of hydrogen-bond acceptors (Lipinski definition) is 5. The molecule has 2 N–H and O–H groups in total. The van der Waals surface area contributed by atoms with Gasteiger partial charge in [0.05, 0.1) is 12.6 Å². The van der Waals surface area contributed by atoms with E-state index in [1.165, 1.54) is 0 Å². The van der Waals surface area contributed by atoms with Crippen LogP contribution in [0.3, 0.4) is 0 Å². The van der Waals surface area contributed by atoms with Crippen LogP contribution >= 0.6 is 11.8 Å². The summed E-state index contributed by atoms with van der Waals surface area (Å²) in [6.45, 7) is 2.93. The monoisotopic (exact) mass is 350 g/mol. The van der Waals surface area contributed by atoms with E-state index in [0.717, 1.165) is 29.9 Å². The summed E-state index contributed by atoms with van der Waals surface area (Å²) in [6.07, 6.45) is 1.88. The maximum Gasteiger partial charge on any atom is 0.274 e. The lowest BCUT2D eigenvalue weighted by atomic mass is 9.98. The van der Waals surface area contributed by atoms with Crippen molar-refractivity contribution < 1.29 is 19.5 Å². The third-order valence-corrected chi connectivity index (χ3v) is 5.79. The molecule has 2 heterocycles. The summed E-state index contributed by atoms with van der Waals surface area (Å²) in [5.41, 5.74) is 2.84. The van der Waals surface area contributed by atoms with Gasteiger partial charge in [-0.1, -0.05) is 6.07 Å². The van der Waals surface area contributed by atoms with E-state index in [2.05, 4.69) is 0 Å². The maximum atomic E-state index is 12.9. The first-order valence-electron chi connectivity index (χ1n) is 8.21. The van der Waals surface area contributed by atoms with Crippen LogP contribution in [0.25, 0.3) is 0 Å². The zero-order valence-corrected chi connectivity index (χ0v) is 14.5. The summed E-state index contributed by atoms with van der Waals surface area (Å²) < 4.78 is 5.76. The van der Waals surface area contributed by atoms with E-state index < -0.39 is 5.91 Å². The molecule has 6 nitrogen and oxygen atoms in total. The van der Waals surface area contributed by atoms with Crippen molar-refractivity contribution in [2.75, 3.05) is 24.7 Å². The van der Waals surface area contributed by atoms with Crippen LogP contribution < -0.4 is 10.2 Å². The largest absolute Gasteiger partial charge is 0.491 e. The Morgan fingerprint density at radius 2 is 2.08 bits per heavy atom. The molecule has 2 aliphatic rings. The lowest BCUT2D eigenvalue weighted by Gasteiger charge is -2.32. The second kappa shape index (κ2) is 7.44. The Labute approximate surface area is 145 Å². The summed E-state index contributed by atoms with van der Waals surface area (Å²) in [6, 6.07) is 4.95. The number of carbonyl (C=O) groups is 2. The molecule has 1 saturated heterocycles. The summed E-state index contributed by atoms with van der Waals surface area (Å²) in [7, 11) is 0. The van der Waals surface area contributed by atoms with E-state index in [4.69, 9.17) is 9.94 Å². The van der Waals surface area contributed by atoms with Crippen molar-refractivity contribution >= 4 is 23.6 Å². The van der Waals surface area contributed by atoms with Crippen LogP contribution in [0.4, 0.5) is 0 Å². The molecule has 130 valence electrons. The molecule has 1 unspecified atom stereocenters. The third-order valence-electron chi connectivity index (χ3n) is 4.74. The van der Waals surface area contributed by atoms with E-state index in [1.807, 2.05) is 23.6 Å². The van der Waals surface area contributed by atoms with Gasteiger partial charge in [0.25, 0.3) is 5.91 Å². The highest BCUT2D eigenvalue weighted by Crippen LogP contribution is 2.35. The lowest BCUT2D eigenvalue weighted by Crippen LogP contribution is -2.40. The first-order chi connectivity index (χ1) is 11.6. The highest BCUT2D eigenvalue weighted by molar-refractivity contribution is 7.99. The minimum absolute atomic E-state index is 0.101. The Morgan fingerprint density at radius 3 is 2.79 bits per heavy atom. The summed E-state index contributed by atoms with van der Waals surface area (Å²) >= 11 is 1.91. The molecular weight excluding hydrogens is 328 g/mol. The fraction of sp³-hybridized carbons (Fsp3) is 0.529. The summed E-state index contributed by atoms with van der Waals surface area (Å²) in [5, 5.41) is 8.76. The number of hydrogen-bond donors (Lipinski definition) is 2. The molecule has 2 amide bonds. The van der Waals surface area contributed by atoms with Gasteiger partial charge in [-0.15, -0.1) is 0 Å². The van der Waals surface area contributed by atoms with Gasteiger partial charge in [-0.25, -0.2) is 5.48 Å². The molecule has 1 atom stereocenters. The third kappa shape index (κ3) is 3.37. The average molecular weight is 350 g/mol. The summed E-state index contributed by atoms with van der Waals surface area (Å²) in [4.78, 5) is 26.4. The molecule has 0 radical (unpaired) electrons. The Kier molecular flexibility index (Phi) is 5.30. The number of rotatable bonds is 2. The van der Waals surface area contributed by atoms with Crippen molar-refractivity contribution in [3.05, 3.63) is 29.3 Å². The minimum Gasteiger partial charge on any atom is -0.491 e. The van der Waals surface area contributed by atoms with Gasteiger partial charge in [0.2, 0.25) is 5.91 Å². The predicted octanol–water partition coefficient (Wildman–Crippen LogP) is 2.23. The molecule has 3 rings (SSSR count). The van der Waals surface area contributed by atoms with Gasteiger partial charge in [-0.05, 0) is 43.4 Å². The predicted molar refractivity (Wildman–Crippen MR) is 91.4 cm³/mol. The fourth-order valence-corrected chi connectivity index (χ4v) is 4.41. The normalized spacial score (nSPS) is 21.4. The van der Waals surface area contributed by atoms with E-state index in [0.29, 0.717) is 24.5 Å². The smallest absolute Gasteiger partial charge is 0.274 e. The van der Waals surface area contributed by atoms with Crippen molar-refractivity contribution in [1.82, 2.24) is 10.4 Å². The molecule has 24 heavy (non-hydrogen) atoms. The fourth-order valence-electron chi connectivity index (χ4n) is 3.31. The molecule has 0 aromatic heterocycles. The number of amides is 2. The molecule has 1 fully saturated rings. The summed E-state index contributed by atoms with van der Waals surface area (Å²) in [5.74, 6) is 2.42. The molecule has 7 heteroatoms. The molecule has 1 aromatic rings. The average Bonchev–Trinajstić information content (AvgIpc) is 2.79. The molecule has 0 spiro atoms. The molecule has 0 aliphatic carbocycles. The number of fused-ring (bicyclic) bond motifs is 1. The van der Waals surface area contributed by atoms with Gasteiger partial charge in [0, 0.05) is 17.0 Å². The van der Waals surface area contributed by atoms with Gasteiger partial charge in [-0.3, -0.25) is 14.8 Å². The minimum atomic E-state index is -0.578. The number of benzene rings is 1. The van der Waals surface area contributed by atoms with E-state index >= 15 is 0 Å². The topological polar surface area (TPSA) is 78.9 Å². The van der Waals surface area contributed by atoms with Crippen molar-refractivity contribution in [3.63, 3.8) is 0 Å². The number of ether oxygens (including phenoxy) is 1. The van der Waals surface area contributed by atoms with E-state index in [-0.39, 0.29) is 17.9 Å². The van der Waals surface area contributed by atoms with Crippen LogP contribution in [0.2, 0.25) is 0 Å². The quantitative estimate of drug-likeness (QED) is 0.632. The number of hydroxylamine groups is 1. The maximum absolute atomic E-state index is 12.9. The number of thioether (sulfide) groups is 1. The van der Waals surface area contributed by atoms with Crippen LogP contribution in [0.1, 0.15) is 41.7 Å². The zero-order valence-electron chi connectivity index (χ0n) is 13.7. The van der Waals surface area contributed by atoms with Crippen molar-refractivity contribution in [1.29, 1.82) is 0 Å². The van der Waals surface area contributed by atoms with E-state index in [9.17, 15) is 9.59 Å². The SMILES string of the molecule is CC1c2ccc(C(=O)NO)cc2OCCN1C(=O)C1CCSCC1. The highest BCUT2D eigenvalue weighted by Gasteiger charge is 2.32. The van der Waals surface area contributed by atoms with Crippen molar-refractivity contribution in [2.45, 2.75) is 25.8 Å². The van der Waals surface area contributed by atoms with E-state index in [1.54, 1.807) is 23.7 Å². The zero-order chi connectivity index (χ0) is 17.1. The van der Waals surface area contributed by atoms with Gasteiger partial charge < -0.3 is 9.64 Å². The highest BCUT2D eigenvalue weighted by atomic mass is 32.2. The molecule has 2 aliphatic heterocycles. The molecule has 1 aromatic carbocycles. The standard InChI is InChI=1S/C17H22N2O4S/c1-11-14-3-2-13(16(20)18-22)10-15(14)23-7-6-19(11)17(21)12-4-8-24-9-5-12/h2-3,10-12,22H,4-9H2,1H3,(H,18,20). The number of nitrogens with zero attached hydrogens (tertiary/aromatic N) is 1. The number of carbonyl (C=O) groups excluding carboxylic acids is 2. The van der Waals surface area contributed by atoms with Gasteiger partial charge in [0.1, 0.15) is 12.4 Å². The lowest BCUT2D eigenvalue weighted by molar-refractivity contribution is -0.138. The Bertz CT molecular complexity index is 631. The first kappa shape index (κ1) is 17.1. The molecule has 0 bridgehead atoms. The second-order valence-corrected chi connectivity index (χ2v) is 7.36. The Balaban J connectivity index is 1.83. The Hall–Kier alpha value is -1.73.